The van der Waals surface area contributed by atoms with E-state index in [1.54, 1.807) is 0 Å². The van der Waals surface area contributed by atoms with Crippen LogP contribution in [0.2, 0.25) is 0 Å². The van der Waals surface area contributed by atoms with Crippen LogP contribution in [0.3, 0.4) is 0 Å². The first-order valence-electron chi connectivity index (χ1n) is 8.33. The third-order valence-electron chi connectivity index (χ3n) is 5.77. The Hall–Kier alpha value is -2.82. The van der Waals surface area contributed by atoms with Gasteiger partial charge in [-0.15, -0.1) is 0 Å². The highest BCUT2D eigenvalue weighted by molar-refractivity contribution is 6.24. The molecule has 1 aliphatic heterocycles. The minimum absolute atomic E-state index is 0.0343. The monoisotopic (exact) mass is 335 g/mol. The molecule has 0 N–H and O–H groups in total. The standard InChI is InChI=1S/C20H14FNO3/c21-10-5-7-11(8-6-10)22-19(24)17-14-9-15(23)16(18(17)20(22)25)13-4-2-1-3-12(13)14/h1-8,14,16-18H,9H2/t14-,16-,17-,18+/m0/s1. The SMILES string of the molecule is O=C1C[C@H]2c3ccccc3[C@@H]1[C@H]1C(=O)N(c3ccc(F)cc3)C(=O)[C@H]12. The van der Waals surface area contributed by atoms with Crippen molar-refractivity contribution >= 4 is 23.3 Å². The van der Waals surface area contributed by atoms with E-state index >= 15 is 0 Å². The van der Waals surface area contributed by atoms with E-state index in [1.165, 1.54) is 24.3 Å². The molecule has 0 aromatic heterocycles. The van der Waals surface area contributed by atoms with E-state index in [-0.39, 0.29) is 23.5 Å². The number of ketones is 1. The van der Waals surface area contributed by atoms with Crippen LogP contribution in [0.5, 0.6) is 0 Å². The zero-order chi connectivity index (χ0) is 17.3. The van der Waals surface area contributed by atoms with Crippen molar-refractivity contribution in [3.8, 4) is 0 Å². The van der Waals surface area contributed by atoms with Gasteiger partial charge in [0.05, 0.1) is 23.4 Å². The number of halogens is 1. The number of carbonyl (C=O) groups is 3. The molecule has 2 aromatic rings. The summed E-state index contributed by atoms with van der Waals surface area (Å²) in [4.78, 5) is 39.8. The maximum atomic E-state index is 13.2. The topological polar surface area (TPSA) is 54.5 Å². The second-order valence-corrected chi connectivity index (χ2v) is 6.92. The number of benzene rings is 2. The van der Waals surface area contributed by atoms with Crippen molar-refractivity contribution in [1.82, 2.24) is 0 Å². The molecule has 2 bridgehead atoms. The van der Waals surface area contributed by atoms with Crippen LogP contribution in [0.15, 0.2) is 48.5 Å². The molecule has 25 heavy (non-hydrogen) atoms. The van der Waals surface area contributed by atoms with Crippen LogP contribution < -0.4 is 4.90 Å². The van der Waals surface area contributed by atoms with Gasteiger partial charge in [-0.25, -0.2) is 4.39 Å². The summed E-state index contributed by atoms with van der Waals surface area (Å²) in [6.45, 7) is 0. The number of amides is 2. The van der Waals surface area contributed by atoms with Crippen LogP contribution in [0.1, 0.15) is 29.4 Å². The van der Waals surface area contributed by atoms with Crippen molar-refractivity contribution in [2.45, 2.75) is 18.3 Å². The number of hydrogen-bond donors (Lipinski definition) is 0. The van der Waals surface area contributed by atoms with E-state index < -0.39 is 23.6 Å². The van der Waals surface area contributed by atoms with Gasteiger partial charge in [0.25, 0.3) is 0 Å². The summed E-state index contributed by atoms with van der Waals surface area (Å²) in [6.07, 6.45) is 0.305. The van der Waals surface area contributed by atoms with E-state index in [2.05, 4.69) is 0 Å². The highest BCUT2D eigenvalue weighted by Gasteiger charge is 2.62. The molecule has 1 saturated heterocycles. The van der Waals surface area contributed by atoms with Gasteiger partial charge in [-0.3, -0.25) is 19.3 Å². The molecule has 0 unspecified atom stereocenters. The molecule has 2 fully saturated rings. The summed E-state index contributed by atoms with van der Waals surface area (Å²) < 4.78 is 13.2. The minimum atomic E-state index is -0.640. The van der Waals surface area contributed by atoms with Crippen molar-refractivity contribution < 1.29 is 18.8 Å². The van der Waals surface area contributed by atoms with Crippen molar-refractivity contribution in [2.75, 3.05) is 4.90 Å². The van der Waals surface area contributed by atoms with Gasteiger partial charge in [-0.1, -0.05) is 24.3 Å². The van der Waals surface area contributed by atoms with Crippen molar-refractivity contribution in [3.63, 3.8) is 0 Å². The number of hydrogen-bond acceptors (Lipinski definition) is 3. The van der Waals surface area contributed by atoms with Crippen LogP contribution in [-0.4, -0.2) is 17.6 Å². The Morgan fingerprint density at radius 3 is 2.20 bits per heavy atom. The van der Waals surface area contributed by atoms with E-state index in [4.69, 9.17) is 0 Å². The van der Waals surface area contributed by atoms with Crippen molar-refractivity contribution in [1.29, 1.82) is 0 Å². The smallest absolute Gasteiger partial charge is 0.238 e. The van der Waals surface area contributed by atoms with Gasteiger partial charge in [0.1, 0.15) is 11.6 Å². The molecule has 0 radical (unpaired) electrons. The first kappa shape index (κ1) is 14.5. The molecule has 6 rings (SSSR count). The Kier molecular flexibility index (Phi) is 2.82. The molecule has 4 aliphatic rings. The summed E-state index contributed by atoms with van der Waals surface area (Å²) in [7, 11) is 0. The number of imide groups is 1. The molecule has 2 aromatic carbocycles. The van der Waals surface area contributed by atoms with Crippen LogP contribution in [-0.2, 0) is 14.4 Å². The zero-order valence-corrected chi connectivity index (χ0v) is 13.2. The number of fused-ring (bicyclic) bond motifs is 1. The van der Waals surface area contributed by atoms with Crippen LogP contribution in [0.25, 0.3) is 0 Å². The normalized spacial score (nSPS) is 29.8. The largest absolute Gasteiger partial charge is 0.299 e. The fourth-order valence-electron chi connectivity index (χ4n) is 4.80. The first-order valence-corrected chi connectivity index (χ1v) is 8.33. The summed E-state index contributed by atoms with van der Waals surface area (Å²) in [5, 5.41) is 0. The molecule has 0 spiro atoms. The quantitative estimate of drug-likeness (QED) is 0.753. The summed E-state index contributed by atoms with van der Waals surface area (Å²) >= 11 is 0. The lowest BCUT2D eigenvalue weighted by Crippen LogP contribution is -2.44. The lowest BCUT2D eigenvalue weighted by atomic mass is 9.56. The summed E-state index contributed by atoms with van der Waals surface area (Å²) in [5.41, 5.74) is 2.25. The summed E-state index contributed by atoms with van der Waals surface area (Å²) in [5.74, 6) is -2.96. The Morgan fingerprint density at radius 2 is 1.48 bits per heavy atom. The second-order valence-electron chi connectivity index (χ2n) is 6.92. The molecular weight excluding hydrogens is 321 g/mol. The van der Waals surface area contributed by atoms with Gasteiger partial charge in [0, 0.05) is 12.3 Å². The van der Waals surface area contributed by atoms with Gasteiger partial charge in [-0.2, -0.15) is 0 Å². The van der Waals surface area contributed by atoms with E-state index in [9.17, 15) is 18.8 Å². The molecule has 5 heteroatoms. The predicted octanol–water partition coefficient (Wildman–Crippen LogP) is 2.79. The van der Waals surface area contributed by atoms with Crippen LogP contribution in [0.4, 0.5) is 10.1 Å². The average Bonchev–Trinajstić information content (AvgIpc) is 2.88. The van der Waals surface area contributed by atoms with Gasteiger partial charge in [0.15, 0.2) is 0 Å². The summed E-state index contributed by atoms with van der Waals surface area (Å²) in [6, 6.07) is 12.9. The Labute approximate surface area is 143 Å². The second kappa shape index (κ2) is 4.85. The lowest BCUT2D eigenvalue weighted by Gasteiger charge is -2.43. The van der Waals surface area contributed by atoms with E-state index in [1.807, 2.05) is 24.3 Å². The molecular formula is C20H14FNO3. The number of anilines is 1. The molecule has 4 nitrogen and oxygen atoms in total. The fraction of sp³-hybridized carbons (Fsp3) is 0.250. The molecule has 1 heterocycles. The highest BCUT2D eigenvalue weighted by atomic mass is 19.1. The number of carbonyl (C=O) groups excluding carboxylic acids is 3. The third kappa shape index (κ3) is 1.78. The first-order chi connectivity index (χ1) is 12.1. The van der Waals surface area contributed by atoms with Gasteiger partial charge in [0.2, 0.25) is 11.8 Å². The lowest BCUT2D eigenvalue weighted by molar-refractivity contribution is -0.134. The fourth-order valence-corrected chi connectivity index (χ4v) is 4.80. The Morgan fingerprint density at radius 1 is 0.840 bits per heavy atom. The van der Waals surface area contributed by atoms with Gasteiger partial charge < -0.3 is 0 Å². The maximum absolute atomic E-state index is 13.2. The van der Waals surface area contributed by atoms with Crippen molar-refractivity contribution in [3.05, 3.63) is 65.5 Å². The third-order valence-corrected chi connectivity index (χ3v) is 5.77. The zero-order valence-electron chi connectivity index (χ0n) is 13.2. The van der Waals surface area contributed by atoms with Gasteiger partial charge >= 0.3 is 0 Å². The number of nitrogens with zero attached hydrogens (tertiary/aromatic N) is 1. The maximum Gasteiger partial charge on any atom is 0.238 e. The number of rotatable bonds is 1. The molecule has 3 aliphatic carbocycles. The highest BCUT2D eigenvalue weighted by Crippen LogP contribution is 2.57. The Balaban J connectivity index is 1.65. The number of Topliss-reactive ketones (excluding diaryl/α,β-unsaturated/α-hetero) is 1. The Bertz CT molecular complexity index is 936. The minimum Gasteiger partial charge on any atom is -0.299 e. The van der Waals surface area contributed by atoms with E-state index in [0.717, 1.165) is 16.0 Å². The predicted molar refractivity (Wildman–Crippen MR) is 87.4 cm³/mol. The average molecular weight is 335 g/mol. The molecule has 124 valence electrons. The van der Waals surface area contributed by atoms with Crippen molar-refractivity contribution in [2.24, 2.45) is 11.8 Å². The van der Waals surface area contributed by atoms with E-state index in [0.29, 0.717) is 12.1 Å². The van der Waals surface area contributed by atoms with Crippen LogP contribution >= 0.6 is 0 Å². The van der Waals surface area contributed by atoms with Crippen LogP contribution in [0, 0.1) is 17.7 Å². The van der Waals surface area contributed by atoms with Gasteiger partial charge in [-0.05, 0) is 35.4 Å². The molecule has 4 atom stereocenters. The molecule has 2 amide bonds. The molecule has 1 saturated carbocycles.